The molecule has 0 atom stereocenters. The summed E-state index contributed by atoms with van der Waals surface area (Å²) in [6.45, 7) is 4.13. The fourth-order valence-corrected chi connectivity index (χ4v) is 3.58. The molecule has 2 heterocycles. The topological polar surface area (TPSA) is 23.6 Å². The maximum absolute atomic E-state index is 12.1. The first-order valence-electron chi connectivity index (χ1n) is 5.56. The molecule has 0 aliphatic carbocycles. The van der Waals surface area contributed by atoms with Crippen LogP contribution >= 0.6 is 46.1 Å². The molecule has 18 heavy (non-hydrogen) atoms. The number of thiophene rings is 1. The average molecular weight is 328 g/mol. The molecular formula is C11H13Cl3N2OS. The Labute approximate surface area is 125 Å². The van der Waals surface area contributed by atoms with Crippen molar-refractivity contribution >= 4 is 51.9 Å². The molecule has 100 valence electrons. The van der Waals surface area contributed by atoms with Gasteiger partial charge in [0.2, 0.25) is 0 Å². The quantitative estimate of drug-likeness (QED) is 0.797. The van der Waals surface area contributed by atoms with E-state index in [9.17, 15) is 4.79 Å². The summed E-state index contributed by atoms with van der Waals surface area (Å²) in [7, 11) is 2.08. The number of carbonyl (C=O) groups excluding carboxylic acids is 1. The van der Waals surface area contributed by atoms with Crippen LogP contribution in [0.2, 0.25) is 14.4 Å². The number of hydrogen-bond acceptors (Lipinski definition) is 4. The van der Waals surface area contributed by atoms with Crippen LogP contribution < -0.4 is 0 Å². The predicted molar refractivity (Wildman–Crippen MR) is 77.6 cm³/mol. The smallest absolute Gasteiger partial charge is 0.188 e. The molecule has 0 aromatic carbocycles. The van der Waals surface area contributed by atoms with Crippen molar-refractivity contribution in [3.05, 3.63) is 19.3 Å². The van der Waals surface area contributed by atoms with E-state index >= 15 is 0 Å². The number of hydrogen-bond donors (Lipinski definition) is 0. The zero-order chi connectivity index (χ0) is 13.3. The summed E-state index contributed by atoms with van der Waals surface area (Å²) in [6.07, 6.45) is 0. The second-order valence-corrected chi connectivity index (χ2v) is 6.71. The molecule has 0 radical (unpaired) electrons. The first-order chi connectivity index (χ1) is 8.49. The van der Waals surface area contributed by atoms with E-state index in [1.165, 1.54) is 0 Å². The number of piperazine rings is 1. The van der Waals surface area contributed by atoms with E-state index in [1.807, 2.05) is 0 Å². The molecule has 1 aliphatic heterocycles. The molecule has 2 rings (SSSR count). The summed E-state index contributed by atoms with van der Waals surface area (Å²) < 4.78 is 0.378. The Hall–Kier alpha value is 0.160. The van der Waals surface area contributed by atoms with Gasteiger partial charge in [0.05, 0.1) is 21.5 Å². The Kier molecular flexibility index (Phi) is 4.92. The van der Waals surface area contributed by atoms with Crippen molar-refractivity contribution in [2.24, 2.45) is 0 Å². The molecule has 0 spiro atoms. The van der Waals surface area contributed by atoms with Gasteiger partial charge in [-0.1, -0.05) is 34.8 Å². The van der Waals surface area contributed by atoms with Crippen molar-refractivity contribution in [1.29, 1.82) is 0 Å². The molecule has 7 heteroatoms. The van der Waals surface area contributed by atoms with Gasteiger partial charge in [0.25, 0.3) is 0 Å². The van der Waals surface area contributed by atoms with Crippen molar-refractivity contribution in [1.82, 2.24) is 9.80 Å². The molecule has 1 aliphatic rings. The summed E-state index contributed by atoms with van der Waals surface area (Å²) >= 11 is 18.9. The van der Waals surface area contributed by atoms with Crippen molar-refractivity contribution < 1.29 is 4.79 Å². The molecule has 0 bridgehead atoms. The maximum atomic E-state index is 12.1. The highest BCUT2D eigenvalue weighted by Gasteiger charge is 2.23. The molecular weight excluding hydrogens is 315 g/mol. The molecule has 0 N–H and O–H groups in total. The minimum atomic E-state index is -0.0108. The van der Waals surface area contributed by atoms with Crippen molar-refractivity contribution in [2.45, 2.75) is 0 Å². The number of likely N-dealkylation sites (N-methyl/N-ethyl adjacent to an activating group) is 1. The lowest BCUT2D eigenvalue weighted by Gasteiger charge is -2.31. The minimum absolute atomic E-state index is 0.0108. The van der Waals surface area contributed by atoms with Crippen molar-refractivity contribution in [3.8, 4) is 0 Å². The average Bonchev–Trinajstić information content (AvgIpc) is 2.60. The minimum Gasteiger partial charge on any atom is -0.304 e. The van der Waals surface area contributed by atoms with Gasteiger partial charge in [-0.2, -0.15) is 0 Å². The van der Waals surface area contributed by atoms with Crippen LogP contribution in [-0.2, 0) is 0 Å². The number of Topliss-reactive ketones (excluding diaryl/α,β-unsaturated/α-hetero) is 1. The first-order valence-corrected chi connectivity index (χ1v) is 7.51. The number of ketones is 1. The molecule has 0 saturated carbocycles. The first kappa shape index (κ1) is 14.6. The zero-order valence-electron chi connectivity index (χ0n) is 9.88. The second-order valence-electron chi connectivity index (χ2n) is 4.34. The summed E-state index contributed by atoms with van der Waals surface area (Å²) in [5.74, 6) is -0.0108. The zero-order valence-corrected chi connectivity index (χ0v) is 13.0. The summed E-state index contributed by atoms with van der Waals surface area (Å²) in [6, 6.07) is 0. The van der Waals surface area contributed by atoms with E-state index in [-0.39, 0.29) is 15.8 Å². The summed E-state index contributed by atoms with van der Waals surface area (Å²) in [5, 5.41) is 0.566. The fourth-order valence-electron chi connectivity index (χ4n) is 1.83. The number of rotatable bonds is 3. The van der Waals surface area contributed by atoms with E-state index < -0.39 is 0 Å². The normalized spacial score (nSPS) is 18.2. The van der Waals surface area contributed by atoms with Crippen LogP contribution in [0.3, 0.4) is 0 Å². The second kappa shape index (κ2) is 6.07. The Morgan fingerprint density at radius 1 is 1.17 bits per heavy atom. The molecule has 1 aromatic heterocycles. The lowest BCUT2D eigenvalue weighted by Crippen LogP contribution is -2.46. The molecule has 0 unspecified atom stereocenters. The molecule has 3 nitrogen and oxygen atoms in total. The molecule has 0 amide bonds. The Bertz CT molecular complexity index is 455. The Morgan fingerprint density at radius 3 is 2.28 bits per heavy atom. The molecule has 1 aromatic rings. The molecule has 1 fully saturated rings. The van der Waals surface area contributed by atoms with Crippen LogP contribution in [-0.4, -0.2) is 55.4 Å². The van der Waals surface area contributed by atoms with E-state index in [2.05, 4.69) is 16.8 Å². The predicted octanol–water partition coefficient (Wildman–Crippen LogP) is 3.14. The van der Waals surface area contributed by atoms with Crippen LogP contribution in [0.1, 0.15) is 9.67 Å². The summed E-state index contributed by atoms with van der Waals surface area (Å²) in [4.78, 5) is 17.0. The van der Waals surface area contributed by atoms with Gasteiger partial charge in [-0.3, -0.25) is 9.69 Å². The van der Waals surface area contributed by atoms with Crippen LogP contribution in [0, 0.1) is 0 Å². The Morgan fingerprint density at radius 2 is 1.78 bits per heavy atom. The van der Waals surface area contributed by atoms with Crippen LogP contribution in [0.15, 0.2) is 0 Å². The van der Waals surface area contributed by atoms with Crippen LogP contribution in [0.5, 0.6) is 0 Å². The molecule has 1 saturated heterocycles. The van der Waals surface area contributed by atoms with E-state index in [0.29, 0.717) is 15.8 Å². The van der Waals surface area contributed by atoms with Crippen molar-refractivity contribution in [2.75, 3.05) is 39.8 Å². The number of halogens is 3. The standard InChI is InChI=1S/C11H13Cl3N2OS/c1-15-2-4-16(5-3-15)6-7(17)10-8(12)9(13)11(14)18-10/h2-6H2,1H3. The van der Waals surface area contributed by atoms with Crippen LogP contribution in [0.25, 0.3) is 0 Å². The van der Waals surface area contributed by atoms with Gasteiger partial charge >= 0.3 is 0 Å². The SMILES string of the molecule is CN1CCN(CC(=O)c2sc(Cl)c(Cl)c2Cl)CC1. The summed E-state index contributed by atoms with van der Waals surface area (Å²) in [5.41, 5.74) is 0. The highest BCUT2D eigenvalue weighted by molar-refractivity contribution is 7.19. The largest absolute Gasteiger partial charge is 0.304 e. The van der Waals surface area contributed by atoms with Gasteiger partial charge < -0.3 is 4.90 Å². The fraction of sp³-hybridized carbons (Fsp3) is 0.545. The number of nitrogens with zero attached hydrogens (tertiary/aromatic N) is 2. The van der Waals surface area contributed by atoms with Crippen molar-refractivity contribution in [3.63, 3.8) is 0 Å². The highest BCUT2D eigenvalue weighted by atomic mass is 35.5. The van der Waals surface area contributed by atoms with Gasteiger partial charge in [0.15, 0.2) is 5.78 Å². The van der Waals surface area contributed by atoms with Gasteiger partial charge in [0.1, 0.15) is 4.34 Å². The maximum Gasteiger partial charge on any atom is 0.188 e. The van der Waals surface area contributed by atoms with E-state index in [0.717, 1.165) is 37.5 Å². The lowest BCUT2D eigenvalue weighted by atomic mass is 10.2. The third kappa shape index (κ3) is 3.18. The third-order valence-electron chi connectivity index (χ3n) is 2.97. The van der Waals surface area contributed by atoms with E-state index in [4.69, 9.17) is 34.8 Å². The number of carbonyl (C=O) groups is 1. The third-order valence-corrected chi connectivity index (χ3v) is 5.59. The lowest BCUT2D eigenvalue weighted by molar-refractivity contribution is 0.0880. The van der Waals surface area contributed by atoms with Gasteiger partial charge in [-0.15, -0.1) is 11.3 Å². The van der Waals surface area contributed by atoms with Gasteiger partial charge in [0, 0.05) is 26.2 Å². The van der Waals surface area contributed by atoms with Gasteiger partial charge in [-0.05, 0) is 7.05 Å². The van der Waals surface area contributed by atoms with E-state index in [1.54, 1.807) is 0 Å². The highest BCUT2D eigenvalue weighted by Crippen LogP contribution is 2.40. The van der Waals surface area contributed by atoms with Gasteiger partial charge in [-0.25, -0.2) is 0 Å². The Balaban J connectivity index is 2.01. The monoisotopic (exact) mass is 326 g/mol. The van der Waals surface area contributed by atoms with Crippen LogP contribution in [0.4, 0.5) is 0 Å².